The summed E-state index contributed by atoms with van der Waals surface area (Å²) < 4.78 is 0. The quantitative estimate of drug-likeness (QED) is 0.908. The SMILES string of the molecule is CCC1CCN(c2c(Cl)cccc2C(=O)O)CC1. The lowest BCUT2D eigenvalue weighted by molar-refractivity contribution is 0.0697. The van der Waals surface area contributed by atoms with Gasteiger partial charge < -0.3 is 10.0 Å². The van der Waals surface area contributed by atoms with Crippen molar-refractivity contribution in [3.63, 3.8) is 0 Å². The van der Waals surface area contributed by atoms with Gasteiger partial charge in [0.1, 0.15) is 0 Å². The molecule has 4 heteroatoms. The fourth-order valence-corrected chi connectivity index (χ4v) is 2.87. The highest BCUT2D eigenvalue weighted by Crippen LogP contribution is 2.33. The first kappa shape index (κ1) is 13.2. The topological polar surface area (TPSA) is 40.5 Å². The molecule has 3 nitrogen and oxygen atoms in total. The maximum Gasteiger partial charge on any atom is 0.337 e. The molecule has 0 spiro atoms. The first-order chi connectivity index (χ1) is 8.63. The molecule has 1 fully saturated rings. The molecule has 0 unspecified atom stereocenters. The molecule has 0 bridgehead atoms. The minimum absolute atomic E-state index is 0.303. The smallest absolute Gasteiger partial charge is 0.337 e. The van der Waals surface area contributed by atoms with Crippen LogP contribution in [-0.2, 0) is 0 Å². The van der Waals surface area contributed by atoms with Gasteiger partial charge in [-0.15, -0.1) is 0 Å². The lowest BCUT2D eigenvalue weighted by atomic mass is 9.94. The summed E-state index contributed by atoms with van der Waals surface area (Å²) in [5.41, 5.74) is 0.985. The number of halogens is 1. The Labute approximate surface area is 112 Å². The van der Waals surface area contributed by atoms with Crippen LogP contribution in [0.3, 0.4) is 0 Å². The number of carboxylic acids is 1. The number of nitrogens with zero attached hydrogens (tertiary/aromatic N) is 1. The summed E-state index contributed by atoms with van der Waals surface area (Å²) in [5.74, 6) is -0.151. The molecule has 0 aliphatic carbocycles. The Bertz CT molecular complexity index is 439. The fraction of sp³-hybridized carbons (Fsp3) is 0.500. The van der Waals surface area contributed by atoms with Crippen molar-refractivity contribution in [3.05, 3.63) is 28.8 Å². The van der Waals surface area contributed by atoms with Crippen molar-refractivity contribution in [2.24, 2.45) is 5.92 Å². The number of hydrogen-bond donors (Lipinski definition) is 1. The Morgan fingerprint density at radius 1 is 1.44 bits per heavy atom. The number of para-hydroxylation sites is 1. The molecule has 0 saturated carbocycles. The number of rotatable bonds is 3. The molecule has 0 aromatic heterocycles. The molecule has 1 N–H and O–H groups in total. The summed E-state index contributed by atoms with van der Waals surface area (Å²) >= 11 is 6.17. The van der Waals surface area contributed by atoms with Gasteiger partial charge in [0.2, 0.25) is 0 Å². The third kappa shape index (κ3) is 2.61. The summed E-state index contributed by atoms with van der Waals surface area (Å²) in [7, 11) is 0. The highest BCUT2D eigenvalue weighted by Gasteiger charge is 2.23. The Kier molecular flexibility index (Phi) is 4.12. The third-order valence-electron chi connectivity index (χ3n) is 3.73. The second-order valence-electron chi connectivity index (χ2n) is 4.78. The van der Waals surface area contributed by atoms with Gasteiger partial charge in [-0.3, -0.25) is 0 Å². The number of aromatic carboxylic acids is 1. The molecule has 0 amide bonds. The van der Waals surface area contributed by atoms with Crippen LogP contribution < -0.4 is 4.90 Å². The summed E-state index contributed by atoms with van der Waals surface area (Å²) in [6.45, 7) is 3.99. The summed E-state index contributed by atoms with van der Waals surface area (Å²) in [4.78, 5) is 13.4. The molecule has 18 heavy (non-hydrogen) atoms. The zero-order chi connectivity index (χ0) is 13.1. The van der Waals surface area contributed by atoms with E-state index in [4.69, 9.17) is 11.6 Å². The van der Waals surface area contributed by atoms with Gasteiger partial charge in [0.05, 0.1) is 16.3 Å². The van der Waals surface area contributed by atoms with Crippen molar-refractivity contribution in [2.45, 2.75) is 26.2 Å². The zero-order valence-electron chi connectivity index (χ0n) is 10.5. The Balaban J connectivity index is 2.26. The van der Waals surface area contributed by atoms with Gasteiger partial charge >= 0.3 is 5.97 Å². The highest BCUT2D eigenvalue weighted by atomic mass is 35.5. The van der Waals surface area contributed by atoms with Gasteiger partial charge in [-0.2, -0.15) is 0 Å². The Hall–Kier alpha value is -1.22. The molecule has 0 atom stereocenters. The predicted octanol–water partition coefficient (Wildman–Crippen LogP) is 3.66. The lowest BCUT2D eigenvalue weighted by Crippen LogP contribution is -2.34. The van der Waals surface area contributed by atoms with Crippen molar-refractivity contribution in [1.82, 2.24) is 0 Å². The average Bonchev–Trinajstić information content (AvgIpc) is 2.38. The highest BCUT2D eigenvalue weighted by molar-refractivity contribution is 6.34. The maximum atomic E-state index is 11.3. The average molecular weight is 268 g/mol. The first-order valence-corrected chi connectivity index (χ1v) is 6.78. The fourth-order valence-electron chi connectivity index (χ4n) is 2.57. The van der Waals surface area contributed by atoms with Crippen LogP contribution in [0, 0.1) is 5.92 Å². The maximum absolute atomic E-state index is 11.3. The molecule has 2 rings (SSSR count). The van der Waals surface area contributed by atoms with Crippen LogP contribution in [0.1, 0.15) is 36.5 Å². The number of piperidine rings is 1. The second kappa shape index (κ2) is 5.61. The first-order valence-electron chi connectivity index (χ1n) is 6.40. The van der Waals surface area contributed by atoms with Crippen molar-refractivity contribution in [3.8, 4) is 0 Å². The molecule has 1 aromatic carbocycles. The Morgan fingerprint density at radius 3 is 2.67 bits per heavy atom. The monoisotopic (exact) mass is 267 g/mol. The molecule has 1 aliphatic rings. The number of carboxylic acid groups (broad SMARTS) is 1. The normalized spacial score (nSPS) is 16.9. The Morgan fingerprint density at radius 2 is 2.11 bits per heavy atom. The van der Waals surface area contributed by atoms with E-state index in [-0.39, 0.29) is 0 Å². The van der Waals surface area contributed by atoms with Crippen molar-refractivity contribution >= 4 is 23.3 Å². The molecular formula is C14H18ClNO2. The third-order valence-corrected chi connectivity index (χ3v) is 4.03. The lowest BCUT2D eigenvalue weighted by Gasteiger charge is -2.34. The van der Waals surface area contributed by atoms with Gasteiger partial charge in [0.25, 0.3) is 0 Å². The molecule has 1 saturated heterocycles. The molecule has 1 aliphatic heterocycles. The van der Waals surface area contributed by atoms with Crippen molar-refractivity contribution < 1.29 is 9.90 Å². The molecule has 1 heterocycles. The minimum atomic E-state index is -0.912. The van der Waals surface area contributed by atoms with Crippen LogP contribution in [-0.4, -0.2) is 24.2 Å². The van der Waals surface area contributed by atoms with Crippen LogP contribution >= 0.6 is 11.6 Å². The van der Waals surface area contributed by atoms with E-state index in [0.29, 0.717) is 16.3 Å². The van der Waals surface area contributed by atoms with Gasteiger partial charge in [-0.1, -0.05) is 31.0 Å². The summed E-state index contributed by atoms with van der Waals surface area (Å²) in [6.07, 6.45) is 3.42. The van der Waals surface area contributed by atoms with Gasteiger partial charge in [0, 0.05) is 13.1 Å². The van der Waals surface area contributed by atoms with Crippen molar-refractivity contribution in [1.29, 1.82) is 0 Å². The summed E-state index contributed by atoms with van der Waals surface area (Å²) in [5, 5.41) is 9.77. The van der Waals surface area contributed by atoms with E-state index in [2.05, 4.69) is 11.8 Å². The van der Waals surface area contributed by atoms with E-state index in [1.165, 1.54) is 6.42 Å². The standard InChI is InChI=1S/C14H18ClNO2/c1-2-10-6-8-16(9-7-10)13-11(14(17)18)4-3-5-12(13)15/h3-5,10H,2,6-9H2,1H3,(H,17,18). The van der Waals surface area contributed by atoms with Crippen molar-refractivity contribution in [2.75, 3.05) is 18.0 Å². The van der Waals surface area contributed by atoms with E-state index in [1.54, 1.807) is 18.2 Å². The summed E-state index contributed by atoms with van der Waals surface area (Å²) in [6, 6.07) is 5.07. The number of hydrogen-bond acceptors (Lipinski definition) is 2. The molecule has 98 valence electrons. The van der Waals surface area contributed by atoms with Gasteiger partial charge in [-0.25, -0.2) is 4.79 Å². The van der Waals surface area contributed by atoms with Crippen LogP contribution in [0.2, 0.25) is 5.02 Å². The largest absolute Gasteiger partial charge is 0.478 e. The minimum Gasteiger partial charge on any atom is -0.478 e. The van der Waals surface area contributed by atoms with E-state index < -0.39 is 5.97 Å². The molecule has 0 radical (unpaired) electrons. The van der Waals surface area contributed by atoms with E-state index >= 15 is 0 Å². The van der Waals surface area contributed by atoms with E-state index in [1.807, 2.05) is 0 Å². The van der Waals surface area contributed by atoms with Crippen LogP contribution in [0.5, 0.6) is 0 Å². The number of benzene rings is 1. The second-order valence-corrected chi connectivity index (χ2v) is 5.19. The predicted molar refractivity (Wildman–Crippen MR) is 73.6 cm³/mol. The number of carbonyl (C=O) groups is 1. The van der Waals surface area contributed by atoms with Crippen LogP contribution in [0.25, 0.3) is 0 Å². The van der Waals surface area contributed by atoms with E-state index in [9.17, 15) is 9.90 Å². The molecule has 1 aromatic rings. The van der Waals surface area contributed by atoms with Gasteiger partial charge in [0.15, 0.2) is 0 Å². The molecular weight excluding hydrogens is 250 g/mol. The number of anilines is 1. The zero-order valence-corrected chi connectivity index (χ0v) is 11.3. The van der Waals surface area contributed by atoms with Gasteiger partial charge in [-0.05, 0) is 30.9 Å². The van der Waals surface area contributed by atoms with Crippen LogP contribution in [0.15, 0.2) is 18.2 Å². The van der Waals surface area contributed by atoms with E-state index in [0.717, 1.165) is 31.8 Å². The van der Waals surface area contributed by atoms with Crippen LogP contribution in [0.4, 0.5) is 5.69 Å².